The van der Waals surface area contributed by atoms with Crippen molar-refractivity contribution < 1.29 is 4.79 Å². The van der Waals surface area contributed by atoms with E-state index in [1.54, 1.807) is 0 Å². The van der Waals surface area contributed by atoms with Crippen LogP contribution >= 0.6 is 24.8 Å². The summed E-state index contributed by atoms with van der Waals surface area (Å²) < 4.78 is 0. The first-order valence-electron chi connectivity index (χ1n) is 10.3. The van der Waals surface area contributed by atoms with Gasteiger partial charge in [0, 0.05) is 32.3 Å². The fourth-order valence-electron chi connectivity index (χ4n) is 4.09. The van der Waals surface area contributed by atoms with Gasteiger partial charge in [-0.3, -0.25) is 4.79 Å². The Balaban J connectivity index is 0.00000196. The summed E-state index contributed by atoms with van der Waals surface area (Å²) in [6, 6.07) is 4.19. The fraction of sp³-hybridized carbons (Fsp3) is 0.714. The van der Waals surface area contributed by atoms with Crippen LogP contribution in [0, 0.1) is 17.8 Å². The smallest absolute Gasteiger partial charge is 0.220 e. The molecule has 0 aliphatic carbocycles. The van der Waals surface area contributed by atoms with Gasteiger partial charge in [-0.25, -0.2) is 4.98 Å². The van der Waals surface area contributed by atoms with Crippen LogP contribution in [0.15, 0.2) is 18.3 Å². The number of rotatable bonds is 6. The minimum atomic E-state index is 0. The van der Waals surface area contributed by atoms with Crippen molar-refractivity contribution in [1.82, 2.24) is 15.6 Å². The molecule has 1 atom stereocenters. The van der Waals surface area contributed by atoms with Gasteiger partial charge in [-0.1, -0.05) is 19.9 Å². The zero-order valence-corrected chi connectivity index (χ0v) is 18.8. The summed E-state index contributed by atoms with van der Waals surface area (Å²) in [5.74, 6) is 3.18. The molecule has 7 heteroatoms. The number of piperidine rings is 2. The van der Waals surface area contributed by atoms with Crippen LogP contribution in [0.5, 0.6) is 0 Å². The van der Waals surface area contributed by atoms with E-state index in [4.69, 9.17) is 0 Å². The number of anilines is 1. The highest BCUT2D eigenvalue weighted by Crippen LogP contribution is 2.24. The number of amides is 1. The second kappa shape index (κ2) is 12.5. The molecule has 5 nitrogen and oxygen atoms in total. The van der Waals surface area contributed by atoms with Gasteiger partial charge >= 0.3 is 0 Å². The van der Waals surface area contributed by atoms with Crippen molar-refractivity contribution in [2.45, 2.75) is 52.5 Å². The Morgan fingerprint density at radius 3 is 2.50 bits per heavy atom. The summed E-state index contributed by atoms with van der Waals surface area (Å²) in [6.45, 7) is 9.48. The summed E-state index contributed by atoms with van der Waals surface area (Å²) in [4.78, 5) is 19.2. The first-order valence-corrected chi connectivity index (χ1v) is 10.3. The predicted octanol–water partition coefficient (Wildman–Crippen LogP) is 3.80. The Hall–Kier alpha value is -1.04. The summed E-state index contributed by atoms with van der Waals surface area (Å²) in [5.41, 5.74) is 1.07. The SMILES string of the molecule is CC1CCN(c2ccc(CNC(=O)CC(C)C3CCNCC3)cn2)CC1.Cl.Cl. The van der Waals surface area contributed by atoms with Crippen molar-refractivity contribution in [1.29, 1.82) is 0 Å². The third kappa shape index (κ3) is 7.41. The molecule has 1 unspecified atom stereocenters. The van der Waals surface area contributed by atoms with Gasteiger partial charge in [0.1, 0.15) is 5.82 Å². The van der Waals surface area contributed by atoms with Crippen LogP contribution in [-0.2, 0) is 11.3 Å². The van der Waals surface area contributed by atoms with Crippen molar-refractivity contribution in [3.63, 3.8) is 0 Å². The summed E-state index contributed by atoms with van der Waals surface area (Å²) in [6.07, 6.45) is 7.40. The molecule has 160 valence electrons. The topological polar surface area (TPSA) is 57.3 Å². The molecule has 0 bridgehead atoms. The Morgan fingerprint density at radius 2 is 1.89 bits per heavy atom. The second-order valence-corrected chi connectivity index (χ2v) is 8.24. The highest BCUT2D eigenvalue weighted by Gasteiger charge is 2.22. The second-order valence-electron chi connectivity index (χ2n) is 8.24. The van der Waals surface area contributed by atoms with Gasteiger partial charge in [0.25, 0.3) is 0 Å². The normalized spacial score (nSPS) is 19.3. The van der Waals surface area contributed by atoms with Gasteiger partial charge in [-0.05, 0) is 68.2 Å². The number of nitrogens with one attached hydrogen (secondary N) is 2. The monoisotopic (exact) mass is 430 g/mol. The van der Waals surface area contributed by atoms with E-state index in [1.807, 2.05) is 6.20 Å². The molecule has 3 rings (SSSR count). The molecule has 0 spiro atoms. The fourth-order valence-corrected chi connectivity index (χ4v) is 4.09. The molecule has 2 aliphatic rings. The summed E-state index contributed by atoms with van der Waals surface area (Å²) >= 11 is 0. The molecule has 2 saturated heterocycles. The van der Waals surface area contributed by atoms with E-state index in [9.17, 15) is 4.79 Å². The molecule has 1 aromatic heterocycles. The number of carbonyl (C=O) groups is 1. The quantitative estimate of drug-likeness (QED) is 0.720. The van der Waals surface area contributed by atoms with Crippen LogP contribution in [0.2, 0.25) is 0 Å². The van der Waals surface area contributed by atoms with E-state index in [0.29, 0.717) is 24.8 Å². The maximum absolute atomic E-state index is 12.3. The first-order chi connectivity index (χ1) is 12.6. The minimum Gasteiger partial charge on any atom is -0.357 e. The highest BCUT2D eigenvalue weighted by atomic mass is 35.5. The number of hydrogen-bond acceptors (Lipinski definition) is 4. The molecule has 3 heterocycles. The average Bonchev–Trinajstić information content (AvgIpc) is 2.68. The van der Waals surface area contributed by atoms with Crippen molar-refractivity contribution >= 4 is 36.5 Å². The standard InChI is InChI=1S/C21H34N4O.2ClH/c1-16-7-11-25(12-8-16)20-4-3-18(14-23-20)15-24-21(26)13-17(2)19-5-9-22-10-6-19;;/h3-4,14,16-17,19,22H,5-13,15H2,1-2H3,(H,24,26);2*1H. The minimum absolute atomic E-state index is 0. The van der Waals surface area contributed by atoms with Crippen LogP contribution in [0.1, 0.15) is 51.5 Å². The lowest BCUT2D eigenvalue weighted by molar-refractivity contribution is -0.122. The lowest BCUT2D eigenvalue weighted by atomic mass is 9.84. The van der Waals surface area contributed by atoms with Crippen LogP contribution in [0.25, 0.3) is 0 Å². The van der Waals surface area contributed by atoms with Gasteiger partial charge in [-0.15, -0.1) is 24.8 Å². The van der Waals surface area contributed by atoms with Crippen LogP contribution < -0.4 is 15.5 Å². The van der Waals surface area contributed by atoms with Crippen molar-refractivity contribution in [3.8, 4) is 0 Å². The largest absolute Gasteiger partial charge is 0.357 e. The maximum Gasteiger partial charge on any atom is 0.220 e. The molecule has 1 amide bonds. The lowest BCUT2D eigenvalue weighted by Crippen LogP contribution is -2.33. The van der Waals surface area contributed by atoms with Crippen LogP contribution in [0.4, 0.5) is 5.82 Å². The summed E-state index contributed by atoms with van der Waals surface area (Å²) in [5, 5.41) is 6.45. The number of carbonyl (C=O) groups excluding carboxylic acids is 1. The summed E-state index contributed by atoms with van der Waals surface area (Å²) in [7, 11) is 0. The van der Waals surface area contributed by atoms with E-state index < -0.39 is 0 Å². The zero-order valence-electron chi connectivity index (χ0n) is 17.2. The van der Waals surface area contributed by atoms with E-state index in [-0.39, 0.29) is 30.7 Å². The lowest BCUT2D eigenvalue weighted by Gasteiger charge is -2.31. The zero-order chi connectivity index (χ0) is 18.4. The molecule has 0 saturated carbocycles. The molecule has 0 radical (unpaired) electrons. The van der Waals surface area contributed by atoms with E-state index in [2.05, 4.69) is 46.5 Å². The van der Waals surface area contributed by atoms with E-state index in [0.717, 1.165) is 43.5 Å². The van der Waals surface area contributed by atoms with Crippen molar-refractivity contribution in [2.24, 2.45) is 17.8 Å². The maximum atomic E-state index is 12.3. The highest BCUT2D eigenvalue weighted by molar-refractivity contribution is 5.85. The van der Waals surface area contributed by atoms with Crippen LogP contribution in [-0.4, -0.2) is 37.1 Å². The van der Waals surface area contributed by atoms with Gasteiger partial charge < -0.3 is 15.5 Å². The Bertz CT molecular complexity index is 570. The Labute approximate surface area is 182 Å². The van der Waals surface area contributed by atoms with Gasteiger partial charge in [0.15, 0.2) is 0 Å². The van der Waals surface area contributed by atoms with Gasteiger partial charge in [0.2, 0.25) is 5.91 Å². The number of nitrogens with zero attached hydrogens (tertiary/aromatic N) is 2. The van der Waals surface area contributed by atoms with Gasteiger partial charge in [-0.2, -0.15) is 0 Å². The van der Waals surface area contributed by atoms with Crippen molar-refractivity contribution in [3.05, 3.63) is 23.9 Å². The Kier molecular flexibility index (Phi) is 11.2. The molecular formula is C21H36Cl2N4O. The first kappa shape index (κ1) is 25.0. The molecule has 2 fully saturated rings. The molecule has 0 aromatic carbocycles. The van der Waals surface area contributed by atoms with Gasteiger partial charge in [0.05, 0.1) is 0 Å². The molecular weight excluding hydrogens is 395 g/mol. The molecule has 2 N–H and O–H groups in total. The van der Waals surface area contributed by atoms with Crippen LogP contribution in [0.3, 0.4) is 0 Å². The predicted molar refractivity (Wildman–Crippen MR) is 121 cm³/mol. The Morgan fingerprint density at radius 1 is 1.21 bits per heavy atom. The number of aromatic nitrogens is 1. The van der Waals surface area contributed by atoms with E-state index in [1.165, 1.54) is 25.7 Å². The number of pyridine rings is 1. The molecule has 28 heavy (non-hydrogen) atoms. The third-order valence-corrected chi connectivity index (χ3v) is 6.10. The number of halogens is 2. The average molecular weight is 431 g/mol. The third-order valence-electron chi connectivity index (χ3n) is 6.10. The van der Waals surface area contributed by atoms with Crippen molar-refractivity contribution in [2.75, 3.05) is 31.1 Å². The molecule has 1 aromatic rings. The number of hydrogen-bond donors (Lipinski definition) is 2. The van der Waals surface area contributed by atoms with E-state index >= 15 is 0 Å². The molecule has 2 aliphatic heterocycles.